The zero-order valence-corrected chi connectivity index (χ0v) is 19.6. The summed E-state index contributed by atoms with van der Waals surface area (Å²) < 4.78 is 27.1. The third-order valence-electron chi connectivity index (χ3n) is 6.42. The van der Waals surface area contributed by atoms with Gasteiger partial charge in [0.2, 0.25) is 6.41 Å². The lowest BCUT2D eigenvalue weighted by atomic mass is 9.83. The van der Waals surface area contributed by atoms with Gasteiger partial charge in [-0.3, -0.25) is 14.4 Å². The number of carbonyl (C=O) groups is 1. The molecule has 11 nitrogen and oxygen atoms in total. The molecular formula is C24H27FN6O5. The number of rotatable bonds is 9. The Morgan fingerprint density at radius 1 is 1.50 bits per heavy atom. The van der Waals surface area contributed by atoms with Crippen LogP contribution in [-0.2, 0) is 16.8 Å². The highest BCUT2D eigenvalue weighted by atomic mass is 19.1. The number of primary amides is 1. The minimum atomic E-state index is -1.51. The summed E-state index contributed by atoms with van der Waals surface area (Å²) in [7, 11) is 1.24. The number of aliphatic hydroxyl groups excluding tert-OH is 1. The molecule has 5 N–H and O–H groups in total. The maximum Gasteiger partial charge on any atom is 0.254 e. The van der Waals surface area contributed by atoms with Crippen LogP contribution in [-0.4, -0.2) is 63.6 Å². The van der Waals surface area contributed by atoms with Gasteiger partial charge in [-0.1, -0.05) is 6.07 Å². The van der Waals surface area contributed by atoms with Gasteiger partial charge in [-0.25, -0.2) is 4.39 Å². The third kappa shape index (κ3) is 4.90. The second kappa shape index (κ2) is 10.4. The molecule has 4 rings (SSSR count). The minimum Gasteiger partial charge on any atom is -0.507 e. The van der Waals surface area contributed by atoms with Crippen molar-refractivity contribution in [2.24, 2.45) is 5.73 Å². The number of benzene rings is 1. The van der Waals surface area contributed by atoms with Gasteiger partial charge < -0.3 is 30.4 Å². The Morgan fingerprint density at radius 2 is 2.31 bits per heavy atom. The van der Waals surface area contributed by atoms with Gasteiger partial charge in [-0.05, 0) is 36.2 Å². The fraction of sp³-hybridized carbons (Fsp3) is 0.375. The number of nitriles is 1. The Morgan fingerprint density at radius 3 is 2.92 bits per heavy atom. The number of likely N-dealkylation sites (tertiary alicyclic amines) is 1. The maximum atomic E-state index is 15.8. The number of aliphatic hydroxyl groups is 1. The highest BCUT2D eigenvalue weighted by molar-refractivity contribution is 5.97. The van der Waals surface area contributed by atoms with E-state index in [1.807, 2.05) is 17.0 Å². The quantitative estimate of drug-likeness (QED) is 0.324. The van der Waals surface area contributed by atoms with E-state index in [-0.39, 0.29) is 36.5 Å². The van der Waals surface area contributed by atoms with Crippen LogP contribution in [0.15, 0.2) is 47.2 Å². The van der Waals surface area contributed by atoms with Crippen LogP contribution in [0.5, 0.6) is 5.75 Å². The zero-order valence-electron chi connectivity index (χ0n) is 19.6. The van der Waals surface area contributed by atoms with Gasteiger partial charge in [-0.2, -0.15) is 10.4 Å². The first-order valence-corrected chi connectivity index (χ1v) is 11.2. The summed E-state index contributed by atoms with van der Waals surface area (Å²) in [5.74, 6) is -0.298. The van der Waals surface area contributed by atoms with Crippen molar-refractivity contribution in [3.05, 3.63) is 53.9 Å². The molecule has 0 aliphatic carbocycles. The molecule has 2 aromatic heterocycles. The zero-order chi connectivity index (χ0) is 25.9. The van der Waals surface area contributed by atoms with Crippen LogP contribution in [0.1, 0.15) is 28.8 Å². The van der Waals surface area contributed by atoms with Crippen LogP contribution >= 0.6 is 0 Å². The summed E-state index contributed by atoms with van der Waals surface area (Å²) >= 11 is 0. The molecule has 0 saturated carbocycles. The van der Waals surface area contributed by atoms with Crippen LogP contribution in [0.2, 0.25) is 0 Å². The average Bonchev–Trinajstić information content (AvgIpc) is 3.52. The van der Waals surface area contributed by atoms with Gasteiger partial charge in [0.05, 0.1) is 24.3 Å². The number of phenolic OH excluding ortho intramolecular Hbond substituents is 1. The lowest BCUT2D eigenvalue weighted by molar-refractivity contribution is -0.0514. The smallest absolute Gasteiger partial charge is 0.254 e. The van der Waals surface area contributed by atoms with Crippen molar-refractivity contribution < 1.29 is 28.6 Å². The molecule has 1 aliphatic heterocycles. The van der Waals surface area contributed by atoms with Crippen LogP contribution in [0.25, 0.3) is 11.3 Å². The van der Waals surface area contributed by atoms with Crippen molar-refractivity contribution in [1.82, 2.24) is 14.7 Å². The number of alkyl halides is 1. The summed E-state index contributed by atoms with van der Waals surface area (Å²) in [5.41, 5.74) is 5.39. The molecule has 1 aromatic carbocycles. The van der Waals surface area contributed by atoms with Crippen molar-refractivity contribution in [3.8, 4) is 23.1 Å². The molecule has 1 aliphatic rings. The first-order valence-electron chi connectivity index (χ1n) is 11.2. The fourth-order valence-corrected chi connectivity index (χ4v) is 4.45. The number of nitrogens with one attached hydrogen (secondary N) is 1. The van der Waals surface area contributed by atoms with Crippen LogP contribution < -0.4 is 11.1 Å². The van der Waals surface area contributed by atoms with Gasteiger partial charge in [0.15, 0.2) is 5.82 Å². The summed E-state index contributed by atoms with van der Waals surface area (Å²) in [4.78, 5) is 13.8. The molecule has 3 heterocycles. The molecule has 0 radical (unpaired) electrons. The summed E-state index contributed by atoms with van der Waals surface area (Å²) in [6.45, 7) is 0.809. The van der Waals surface area contributed by atoms with Crippen LogP contribution in [0.3, 0.4) is 0 Å². The number of nitrogens with zero attached hydrogens (tertiary/aromatic N) is 4. The van der Waals surface area contributed by atoms with Crippen LogP contribution in [0.4, 0.5) is 10.2 Å². The normalized spacial score (nSPS) is 21.1. The molecule has 12 heteroatoms. The van der Waals surface area contributed by atoms with Crippen molar-refractivity contribution in [3.63, 3.8) is 0 Å². The average molecular weight is 499 g/mol. The number of nitrogens with two attached hydrogens (primary N) is 1. The molecule has 0 spiro atoms. The number of methoxy groups -OCH3 is 1. The van der Waals surface area contributed by atoms with E-state index >= 15 is 4.39 Å². The van der Waals surface area contributed by atoms with Gasteiger partial charge >= 0.3 is 0 Å². The lowest BCUT2D eigenvalue weighted by Crippen LogP contribution is -2.54. The van der Waals surface area contributed by atoms with E-state index < -0.39 is 24.0 Å². The van der Waals surface area contributed by atoms with Crippen molar-refractivity contribution in [1.29, 1.82) is 5.26 Å². The van der Waals surface area contributed by atoms with E-state index in [4.69, 9.17) is 14.9 Å². The predicted molar refractivity (Wildman–Crippen MR) is 126 cm³/mol. The summed E-state index contributed by atoms with van der Waals surface area (Å²) in [6.07, 6.45) is -0.120. The fourth-order valence-electron chi connectivity index (χ4n) is 4.45. The highest BCUT2D eigenvalue weighted by Crippen LogP contribution is 2.38. The minimum absolute atomic E-state index is 0.00238. The van der Waals surface area contributed by atoms with Gasteiger partial charge in [0.1, 0.15) is 28.8 Å². The molecule has 0 bridgehead atoms. The second-order valence-electron chi connectivity index (χ2n) is 8.65. The molecule has 1 amide bonds. The molecule has 36 heavy (non-hydrogen) atoms. The van der Waals surface area contributed by atoms with E-state index in [0.29, 0.717) is 24.4 Å². The number of aromatic hydroxyl groups is 1. The number of carbonyl (C=O) groups excluding carboxylic acids is 1. The van der Waals surface area contributed by atoms with Crippen LogP contribution in [0, 0.1) is 11.3 Å². The molecule has 1 saturated heterocycles. The lowest BCUT2D eigenvalue weighted by Gasteiger charge is -2.43. The number of hydrogen-bond acceptors (Lipinski definition) is 9. The van der Waals surface area contributed by atoms with E-state index in [2.05, 4.69) is 10.4 Å². The maximum absolute atomic E-state index is 15.8. The van der Waals surface area contributed by atoms with E-state index in [1.165, 1.54) is 24.3 Å². The third-order valence-corrected chi connectivity index (χ3v) is 6.42. The Hall–Kier alpha value is -3.92. The first kappa shape index (κ1) is 25.2. The van der Waals surface area contributed by atoms with E-state index in [1.54, 1.807) is 24.3 Å². The van der Waals surface area contributed by atoms with E-state index in [0.717, 1.165) is 5.56 Å². The molecule has 190 valence electrons. The predicted octanol–water partition coefficient (Wildman–Crippen LogP) is 2.13. The monoisotopic (exact) mass is 498 g/mol. The van der Waals surface area contributed by atoms with Crippen molar-refractivity contribution in [2.45, 2.75) is 37.5 Å². The highest BCUT2D eigenvalue weighted by Gasteiger charge is 2.46. The van der Waals surface area contributed by atoms with Crippen molar-refractivity contribution in [2.75, 3.05) is 25.5 Å². The number of furan rings is 1. The molecular weight excluding hydrogens is 471 g/mol. The number of phenols is 1. The van der Waals surface area contributed by atoms with Gasteiger partial charge in [0.25, 0.3) is 5.91 Å². The topological polar surface area (TPSA) is 163 Å². The SMILES string of the molecule is COC(O)Nc1nn(C2(CC#N)CCN(Cc3ccc(-c4ccco4)c(O)c3)CC2F)cc1C(N)=O. The largest absolute Gasteiger partial charge is 0.507 e. The van der Waals surface area contributed by atoms with Gasteiger partial charge in [-0.15, -0.1) is 0 Å². The Labute approximate surface area is 206 Å². The molecule has 3 unspecified atom stereocenters. The molecule has 1 fully saturated rings. The number of anilines is 1. The Kier molecular flexibility index (Phi) is 7.25. The summed E-state index contributed by atoms with van der Waals surface area (Å²) in [5, 5.41) is 36.4. The number of ether oxygens (including phenoxy) is 1. The summed E-state index contributed by atoms with van der Waals surface area (Å²) in [6, 6.07) is 10.7. The Balaban J connectivity index is 1.54. The number of piperidine rings is 1. The number of aromatic nitrogens is 2. The number of hydrogen-bond donors (Lipinski definition) is 4. The Bertz CT molecular complexity index is 1260. The first-order chi connectivity index (χ1) is 17.3. The van der Waals surface area contributed by atoms with Crippen molar-refractivity contribution >= 4 is 11.7 Å². The molecule has 3 aromatic rings. The number of amides is 1. The molecule has 3 atom stereocenters. The van der Waals surface area contributed by atoms with Gasteiger partial charge in [0, 0.05) is 32.9 Å². The standard InChI is InChI=1S/C24H27FN6O5/c1-35-23(34)28-22-17(21(27)33)13-31(29-22)24(6-8-26)7-9-30(14-20(24)25)12-15-4-5-16(18(32)11-15)19-3-2-10-36-19/h2-5,10-11,13,20,23,32,34H,6-7,9,12,14H2,1H3,(H2,27,33)(H,28,29). The second-order valence-corrected chi connectivity index (χ2v) is 8.65. The number of halogens is 1. The van der Waals surface area contributed by atoms with E-state index in [9.17, 15) is 20.3 Å².